The minimum Gasteiger partial charge on any atom is -0.394 e. The fourth-order valence-electron chi connectivity index (χ4n) is 5.63. The number of hydrogen-bond donors (Lipinski definition) is 7. The summed E-state index contributed by atoms with van der Waals surface area (Å²) in [6.07, 6.45) is 16.1. The maximum atomic E-state index is 12.8. The molecule has 266 valence electrons. The summed E-state index contributed by atoms with van der Waals surface area (Å²) in [5.74, 6) is -0.623. The zero-order chi connectivity index (χ0) is 33.3. The van der Waals surface area contributed by atoms with Crippen LogP contribution < -0.4 is 5.32 Å². The highest BCUT2D eigenvalue weighted by atomic mass is 16.7. The lowest BCUT2D eigenvalue weighted by Gasteiger charge is -2.40. The van der Waals surface area contributed by atoms with Crippen molar-refractivity contribution in [3.05, 3.63) is 12.2 Å². The van der Waals surface area contributed by atoms with Gasteiger partial charge in [0, 0.05) is 0 Å². The van der Waals surface area contributed by atoms with Crippen LogP contribution in [0.15, 0.2) is 12.2 Å². The summed E-state index contributed by atoms with van der Waals surface area (Å²) in [4.78, 5) is 12.8. The third kappa shape index (κ3) is 18.7. The van der Waals surface area contributed by atoms with Gasteiger partial charge in [-0.15, -0.1) is 0 Å². The molecule has 1 amide bonds. The van der Waals surface area contributed by atoms with Crippen molar-refractivity contribution in [2.24, 2.45) is 0 Å². The number of amides is 1. The van der Waals surface area contributed by atoms with Gasteiger partial charge in [-0.2, -0.15) is 0 Å². The van der Waals surface area contributed by atoms with Gasteiger partial charge in [0.05, 0.1) is 25.4 Å². The number of allylic oxidation sites excluding steroid dienone is 1. The van der Waals surface area contributed by atoms with E-state index in [4.69, 9.17) is 9.47 Å². The van der Waals surface area contributed by atoms with Crippen LogP contribution in [-0.2, 0) is 14.3 Å². The van der Waals surface area contributed by atoms with Crippen LogP contribution >= 0.6 is 0 Å². The molecule has 0 aromatic heterocycles. The number of aliphatic hydroxyl groups is 6. The third-order valence-corrected chi connectivity index (χ3v) is 8.72. The molecule has 10 heteroatoms. The SMILES string of the molecule is CCCCCCCCCCCC/C=C/C(O)C(COC1OC(CO)C(O)C(O)C1O)NC(=O)C(O)CCCCCCCCCC. The van der Waals surface area contributed by atoms with E-state index >= 15 is 0 Å². The van der Waals surface area contributed by atoms with Crippen LogP contribution in [0.1, 0.15) is 142 Å². The maximum Gasteiger partial charge on any atom is 0.249 e. The normalized spacial score (nSPS) is 24.1. The average molecular weight is 646 g/mol. The van der Waals surface area contributed by atoms with Crippen molar-refractivity contribution in [1.29, 1.82) is 0 Å². The summed E-state index contributed by atoms with van der Waals surface area (Å²) in [5, 5.41) is 64.0. The van der Waals surface area contributed by atoms with Gasteiger partial charge in [0.1, 0.15) is 30.5 Å². The van der Waals surface area contributed by atoms with Crippen molar-refractivity contribution in [3.63, 3.8) is 0 Å². The molecule has 0 aliphatic carbocycles. The van der Waals surface area contributed by atoms with Gasteiger partial charge in [-0.3, -0.25) is 4.79 Å². The van der Waals surface area contributed by atoms with Crippen LogP contribution in [0.3, 0.4) is 0 Å². The summed E-state index contributed by atoms with van der Waals surface area (Å²) >= 11 is 0. The van der Waals surface area contributed by atoms with Crippen molar-refractivity contribution in [2.45, 2.75) is 191 Å². The molecule has 8 unspecified atom stereocenters. The number of aliphatic hydroxyl groups excluding tert-OH is 6. The zero-order valence-corrected chi connectivity index (χ0v) is 28.2. The molecule has 1 fully saturated rings. The molecule has 8 atom stereocenters. The van der Waals surface area contributed by atoms with Gasteiger partial charge in [-0.05, 0) is 19.3 Å². The lowest BCUT2D eigenvalue weighted by atomic mass is 9.99. The molecule has 7 N–H and O–H groups in total. The zero-order valence-electron chi connectivity index (χ0n) is 28.2. The van der Waals surface area contributed by atoms with Crippen LogP contribution in [0.4, 0.5) is 0 Å². The van der Waals surface area contributed by atoms with Gasteiger partial charge in [0.15, 0.2) is 6.29 Å². The van der Waals surface area contributed by atoms with Crippen LogP contribution in [0.25, 0.3) is 0 Å². The predicted molar refractivity (Wildman–Crippen MR) is 176 cm³/mol. The van der Waals surface area contributed by atoms with E-state index in [2.05, 4.69) is 19.2 Å². The highest BCUT2D eigenvalue weighted by Crippen LogP contribution is 2.22. The Bertz CT molecular complexity index is 738. The second-order valence-corrected chi connectivity index (χ2v) is 12.8. The molecule has 0 saturated carbocycles. The van der Waals surface area contributed by atoms with E-state index in [-0.39, 0.29) is 6.61 Å². The Kier molecular flexibility index (Phi) is 25.1. The Morgan fingerprint density at radius 1 is 0.756 bits per heavy atom. The molecule has 0 bridgehead atoms. The van der Waals surface area contributed by atoms with Gasteiger partial charge in [-0.1, -0.05) is 135 Å². The number of carbonyl (C=O) groups excluding carboxylic acids is 1. The number of unbranched alkanes of at least 4 members (excludes halogenated alkanes) is 17. The van der Waals surface area contributed by atoms with Crippen molar-refractivity contribution < 1.29 is 44.9 Å². The average Bonchev–Trinajstić information content (AvgIpc) is 3.04. The summed E-state index contributed by atoms with van der Waals surface area (Å²) in [7, 11) is 0. The Balaban J connectivity index is 2.58. The molecule has 0 spiro atoms. The number of ether oxygens (including phenoxy) is 2. The van der Waals surface area contributed by atoms with Crippen LogP contribution in [0.5, 0.6) is 0 Å². The highest BCUT2D eigenvalue weighted by Gasteiger charge is 2.44. The van der Waals surface area contributed by atoms with Gasteiger partial charge in [0.2, 0.25) is 5.91 Å². The summed E-state index contributed by atoms with van der Waals surface area (Å²) in [6.45, 7) is 3.52. The Hall–Kier alpha value is -1.11. The standard InChI is InChI=1S/C35H67NO9/c1-3-5-7-9-11-13-14-15-16-18-19-21-23-28(38)27(26-44-35-33(42)32(41)31(40)30(25-37)45-35)36-34(43)29(39)24-22-20-17-12-10-8-6-4-2/h21,23,27-33,35,37-42H,3-20,22,24-26H2,1-2H3,(H,36,43)/b23-21+. The van der Waals surface area contributed by atoms with Crippen LogP contribution in [0, 0.1) is 0 Å². The topological polar surface area (TPSA) is 169 Å². The Labute approximate surface area is 272 Å². The second kappa shape index (κ2) is 26.9. The lowest BCUT2D eigenvalue weighted by Crippen LogP contribution is -2.60. The van der Waals surface area contributed by atoms with E-state index in [9.17, 15) is 35.4 Å². The van der Waals surface area contributed by atoms with Crippen LogP contribution in [0.2, 0.25) is 0 Å². The largest absolute Gasteiger partial charge is 0.394 e. The predicted octanol–water partition coefficient (Wildman–Crippen LogP) is 4.41. The molecule has 1 aliphatic rings. The summed E-state index contributed by atoms with van der Waals surface area (Å²) in [6, 6.07) is -0.970. The van der Waals surface area contributed by atoms with Crippen molar-refractivity contribution >= 4 is 5.91 Å². The molecule has 1 aliphatic heterocycles. The lowest BCUT2D eigenvalue weighted by molar-refractivity contribution is -0.302. The van der Waals surface area contributed by atoms with Crippen molar-refractivity contribution in [1.82, 2.24) is 5.32 Å². The fourth-order valence-corrected chi connectivity index (χ4v) is 5.63. The van der Waals surface area contributed by atoms with E-state index in [1.54, 1.807) is 6.08 Å². The molecule has 45 heavy (non-hydrogen) atoms. The summed E-state index contributed by atoms with van der Waals surface area (Å²) < 4.78 is 11.0. The van der Waals surface area contributed by atoms with E-state index in [1.165, 1.54) is 77.0 Å². The van der Waals surface area contributed by atoms with E-state index in [1.807, 2.05) is 6.08 Å². The van der Waals surface area contributed by atoms with Crippen LogP contribution in [-0.4, -0.2) is 98.7 Å². The molecular weight excluding hydrogens is 578 g/mol. The molecule has 0 radical (unpaired) electrons. The quantitative estimate of drug-likeness (QED) is 0.0481. The van der Waals surface area contributed by atoms with Gasteiger partial charge < -0.3 is 45.4 Å². The number of rotatable bonds is 28. The number of hydrogen-bond acceptors (Lipinski definition) is 9. The molecule has 0 aromatic rings. The maximum absolute atomic E-state index is 12.8. The molecular formula is C35H67NO9. The molecule has 1 saturated heterocycles. The Morgan fingerprint density at radius 2 is 1.27 bits per heavy atom. The van der Waals surface area contributed by atoms with Gasteiger partial charge in [-0.25, -0.2) is 0 Å². The smallest absolute Gasteiger partial charge is 0.249 e. The molecule has 1 rings (SSSR count). The molecule has 0 aromatic carbocycles. The molecule has 10 nitrogen and oxygen atoms in total. The minimum absolute atomic E-state index is 0.303. The minimum atomic E-state index is -1.60. The highest BCUT2D eigenvalue weighted by molar-refractivity contribution is 5.80. The van der Waals surface area contributed by atoms with E-state index in [0.717, 1.165) is 44.9 Å². The first-order valence-electron chi connectivity index (χ1n) is 18.0. The molecule has 1 heterocycles. The van der Waals surface area contributed by atoms with E-state index < -0.39 is 61.5 Å². The first-order chi connectivity index (χ1) is 21.8. The van der Waals surface area contributed by atoms with Gasteiger partial charge >= 0.3 is 0 Å². The van der Waals surface area contributed by atoms with E-state index in [0.29, 0.717) is 6.42 Å². The summed E-state index contributed by atoms with van der Waals surface area (Å²) in [5.41, 5.74) is 0. The van der Waals surface area contributed by atoms with Crippen molar-refractivity contribution in [2.75, 3.05) is 13.2 Å². The third-order valence-electron chi connectivity index (χ3n) is 8.72. The number of nitrogens with one attached hydrogen (secondary N) is 1. The first-order valence-corrected chi connectivity index (χ1v) is 18.0. The van der Waals surface area contributed by atoms with Gasteiger partial charge in [0.25, 0.3) is 0 Å². The second-order valence-electron chi connectivity index (χ2n) is 12.8. The number of carbonyl (C=O) groups is 1. The Morgan fingerprint density at radius 3 is 1.80 bits per heavy atom. The van der Waals surface area contributed by atoms with Crippen molar-refractivity contribution in [3.8, 4) is 0 Å². The first kappa shape index (κ1) is 41.9. The fraction of sp³-hybridized carbons (Fsp3) is 0.914. The monoisotopic (exact) mass is 645 g/mol.